The first-order valence-electron chi connectivity index (χ1n) is 7.27. The highest BCUT2D eigenvalue weighted by atomic mass is 35.5. The quantitative estimate of drug-likeness (QED) is 0.907. The van der Waals surface area contributed by atoms with Crippen molar-refractivity contribution >= 4 is 18.3 Å². The van der Waals surface area contributed by atoms with Crippen LogP contribution in [0.5, 0.6) is 0 Å². The number of carbonyl (C=O) groups excluding carboxylic acids is 1. The zero-order chi connectivity index (χ0) is 14.4. The molecule has 118 valence electrons. The maximum absolute atomic E-state index is 12.7. The van der Waals surface area contributed by atoms with Gasteiger partial charge in [-0.25, -0.2) is 0 Å². The topological polar surface area (TPSA) is 41.6 Å². The number of benzene rings is 1. The number of carbonyl (C=O) groups is 1. The van der Waals surface area contributed by atoms with Gasteiger partial charge in [0.15, 0.2) is 6.10 Å². The van der Waals surface area contributed by atoms with Crippen LogP contribution in [0.2, 0.25) is 0 Å². The van der Waals surface area contributed by atoms with Crippen molar-refractivity contribution in [2.24, 2.45) is 5.92 Å². The lowest BCUT2D eigenvalue weighted by molar-refractivity contribution is -0.144. The molecule has 0 spiro atoms. The van der Waals surface area contributed by atoms with Crippen LogP contribution in [0, 0.1) is 5.92 Å². The van der Waals surface area contributed by atoms with Crippen LogP contribution in [-0.2, 0) is 9.53 Å². The highest BCUT2D eigenvalue weighted by Crippen LogP contribution is 2.23. The lowest BCUT2D eigenvalue weighted by Gasteiger charge is -2.34. The molecule has 1 aromatic carbocycles. The van der Waals surface area contributed by atoms with Crippen LogP contribution in [0.1, 0.15) is 24.5 Å². The van der Waals surface area contributed by atoms with Gasteiger partial charge in [0.05, 0.1) is 0 Å². The molecule has 1 aliphatic rings. The molecule has 2 rings (SSSR count). The third kappa shape index (κ3) is 4.70. The lowest BCUT2D eigenvalue weighted by Crippen LogP contribution is -2.44. The summed E-state index contributed by atoms with van der Waals surface area (Å²) in [5.41, 5.74) is 0.927. The Bertz CT molecular complexity index is 426. The molecule has 1 aliphatic heterocycles. The molecule has 1 fully saturated rings. The first-order chi connectivity index (χ1) is 9.76. The molecule has 1 saturated heterocycles. The third-order valence-electron chi connectivity index (χ3n) is 3.89. The van der Waals surface area contributed by atoms with E-state index in [0.29, 0.717) is 5.92 Å². The number of piperidine rings is 1. The van der Waals surface area contributed by atoms with Crippen LogP contribution >= 0.6 is 12.4 Å². The van der Waals surface area contributed by atoms with E-state index in [1.165, 1.54) is 6.42 Å². The molecule has 1 heterocycles. The van der Waals surface area contributed by atoms with Gasteiger partial charge >= 0.3 is 0 Å². The molecule has 0 aromatic heterocycles. The first kappa shape index (κ1) is 18.0. The van der Waals surface area contributed by atoms with Gasteiger partial charge in [-0.1, -0.05) is 30.3 Å². The molecule has 21 heavy (non-hydrogen) atoms. The minimum Gasteiger partial charge on any atom is -0.367 e. The molecule has 4 nitrogen and oxygen atoms in total. The second kappa shape index (κ2) is 9.03. The fraction of sp³-hybridized carbons (Fsp3) is 0.562. The molecule has 0 aliphatic carbocycles. The van der Waals surface area contributed by atoms with E-state index in [9.17, 15) is 4.79 Å². The van der Waals surface area contributed by atoms with Crippen molar-refractivity contribution in [1.29, 1.82) is 0 Å². The summed E-state index contributed by atoms with van der Waals surface area (Å²) < 4.78 is 5.44. The van der Waals surface area contributed by atoms with Gasteiger partial charge in [0, 0.05) is 20.2 Å². The number of amides is 1. The van der Waals surface area contributed by atoms with Gasteiger partial charge in [0.25, 0.3) is 5.91 Å². The molecule has 0 saturated carbocycles. The smallest absolute Gasteiger partial charge is 0.256 e. The Kier molecular flexibility index (Phi) is 7.72. The summed E-state index contributed by atoms with van der Waals surface area (Å²) in [6, 6.07) is 9.72. The van der Waals surface area contributed by atoms with Crippen LogP contribution in [0.3, 0.4) is 0 Å². The van der Waals surface area contributed by atoms with Gasteiger partial charge in [-0.2, -0.15) is 0 Å². The van der Waals surface area contributed by atoms with Crippen LogP contribution in [0.15, 0.2) is 30.3 Å². The van der Waals surface area contributed by atoms with E-state index < -0.39 is 6.10 Å². The van der Waals surface area contributed by atoms with E-state index in [2.05, 4.69) is 5.32 Å². The number of rotatable bonds is 5. The Morgan fingerprint density at radius 1 is 1.43 bits per heavy atom. The number of likely N-dealkylation sites (tertiary alicyclic amines) is 1. The molecule has 2 unspecified atom stereocenters. The third-order valence-corrected chi connectivity index (χ3v) is 3.89. The molecular weight excluding hydrogens is 288 g/mol. The zero-order valence-electron chi connectivity index (χ0n) is 12.7. The lowest BCUT2D eigenvalue weighted by atomic mass is 9.97. The van der Waals surface area contributed by atoms with E-state index >= 15 is 0 Å². The van der Waals surface area contributed by atoms with Crippen molar-refractivity contribution in [3.8, 4) is 0 Å². The van der Waals surface area contributed by atoms with E-state index in [4.69, 9.17) is 4.74 Å². The van der Waals surface area contributed by atoms with Gasteiger partial charge in [-0.3, -0.25) is 4.79 Å². The number of methoxy groups -OCH3 is 1. The van der Waals surface area contributed by atoms with Gasteiger partial charge in [0.1, 0.15) is 0 Å². The second-order valence-electron chi connectivity index (χ2n) is 5.38. The fourth-order valence-electron chi connectivity index (χ4n) is 2.89. The summed E-state index contributed by atoms with van der Waals surface area (Å²) in [4.78, 5) is 14.6. The van der Waals surface area contributed by atoms with Crippen molar-refractivity contribution < 1.29 is 9.53 Å². The van der Waals surface area contributed by atoms with Crippen molar-refractivity contribution in [1.82, 2.24) is 10.2 Å². The zero-order valence-corrected chi connectivity index (χ0v) is 13.6. The van der Waals surface area contributed by atoms with Crippen LogP contribution in [0.25, 0.3) is 0 Å². The number of nitrogens with one attached hydrogen (secondary N) is 1. The maximum atomic E-state index is 12.7. The second-order valence-corrected chi connectivity index (χ2v) is 5.38. The summed E-state index contributed by atoms with van der Waals surface area (Å²) in [6.07, 6.45) is 1.78. The summed E-state index contributed by atoms with van der Waals surface area (Å²) in [5, 5.41) is 3.20. The first-order valence-corrected chi connectivity index (χ1v) is 7.27. The van der Waals surface area contributed by atoms with Crippen LogP contribution in [-0.4, -0.2) is 44.6 Å². The number of ether oxygens (including phenoxy) is 1. The van der Waals surface area contributed by atoms with E-state index in [1.54, 1.807) is 7.11 Å². The Hall–Kier alpha value is -1.10. The van der Waals surface area contributed by atoms with Crippen molar-refractivity contribution in [2.75, 3.05) is 33.8 Å². The molecule has 1 aromatic rings. The predicted octanol–water partition coefficient (Wildman–Crippen LogP) is 2.25. The summed E-state index contributed by atoms with van der Waals surface area (Å²) >= 11 is 0. The van der Waals surface area contributed by atoms with Crippen molar-refractivity contribution in [2.45, 2.75) is 18.9 Å². The van der Waals surface area contributed by atoms with Crippen LogP contribution < -0.4 is 5.32 Å². The average molecular weight is 313 g/mol. The molecule has 5 heteroatoms. The Labute approximate surface area is 133 Å². The predicted molar refractivity (Wildman–Crippen MR) is 86.7 cm³/mol. The molecule has 1 amide bonds. The molecular formula is C16H25ClN2O2. The van der Waals surface area contributed by atoms with Crippen molar-refractivity contribution in [3.05, 3.63) is 35.9 Å². The average Bonchev–Trinajstić information content (AvgIpc) is 2.50. The van der Waals surface area contributed by atoms with E-state index in [-0.39, 0.29) is 18.3 Å². The Morgan fingerprint density at radius 2 is 2.14 bits per heavy atom. The molecule has 0 bridgehead atoms. The van der Waals surface area contributed by atoms with Gasteiger partial charge in [-0.05, 0) is 37.9 Å². The highest BCUT2D eigenvalue weighted by molar-refractivity contribution is 5.85. The Morgan fingerprint density at radius 3 is 2.76 bits per heavy atom. The highest BCUT2D eigenvalue weighted by Gasteiger charge is 2.29. The van der Waals surface area contributed by atoms with Crippen LogP contribution in [0.4, 0.5) is 0 Å². The minimum absolute atomic E-state index is 0. The summed E-state index contributed by atoms with van der Waals surface area (Å²) in [6.45, 7) is 2.63. The van der Waals surface area contributed by atoms with E-state index in [1.807, 2.05) is 42.3 Å². The normalized spacial score (nSPS) is 19.7. The van der Waals surface area contributed by atoms with Gasteiger partial charge in [-0.15, -0.1) is 12.4 Å². The fourth-order valence-corrected chi connectivity index (χ4v) is 2.89. The number of halogens is 1. The molecule has 0 radical (unpaired) electrons. The van der Waals surface area contributed by atoms with E-state index in [0.717, 1.165) is 31.6 Å². The SMILES string of the molecule is CNCC1CCCN(C(=O)C(OC)c2ccccc2)C1.Cl. The molecule has 1 N–H and O–H groups in total. The number of hydrogen-bond donors (Lipinski definition) is 1. The van der Waals surface area contributed by atoms with Gasteiger partial charge < -0.3 is 15.0 Å². The largest absolute Gasteiger partial charge is 0.367 e. The maximum Gasteiger partial charge on any atom is 0.256 e. The number of hydrogen-bond acceptors (Lipinski definition) is 3. The monoisotopic (exact) mass is 312 g/mol. The van der Waals surface area contributed by atoms with Gasteiger partial charge in [0.2, 0.25) is 0 Å². The standard InChI is InChI=1S/C16H24N2O2.ClH/c1-17-11-13-7-6-10-18(12-13)16(19)15(20-2)14-8-4-3-5-9-14;/h3-5,8-9,13,15,17H,6-7,10-12H2,1-2H3;1H. The minimum atomic E-state index is -0.482. The summed E-state index contributed by atoms with van der Waals surface area (Å²) in [5.74, 6) is 0.630. The summed E-state index contributed by atoms with van der Waals surface area (Å²) in [7, 11) is 3.56. The van der Waals surface area contributed by atoms with Crippen molar-refractivity contribution in [3.63, 3.8) is 0 Å². The number of nitrogens with zero attached hydrogens (tertiary/aromatic N) is 1. The molecule has 2 atom stereocenters. The Balaban J connectivity index is 0.00000220.